The highest BCUT2D eigenvalue weighted by molar-refractivity contribution is 7.13. The van der Waals surface area contributed by atoms with E-state index < -0.39 is 0 Å². The lowest BCUT2D eigenvalue weighted by Gasteiger charge is -2.08. The Labute approximate surface area is 159 Å². The first kappa shape index (κ1) is 16.8. The molecule has 130 valence electrons. The van der Waals surface area contributed by atoms with E-state index in [1.54, 1.807) is 23.1 Å². The second-order valence-electron chi connectivity index (χ2n) is 5.65. The van der Waals surface area contributed by atoms with Crippen LogP contribution in [0, 0.1) is 6.92 Å². The Bertz CT molecular complexity index is 1060. The molecule has 0 aliphatic carbocycles. The van der Waals surface area contributed by atoms with Crippen molar-refractivity contribution in [2.45, 2.75) is 6.92 Å². The molecule has 0 aliphatic rings. The number of nitrogens with zero attached hydrogens (tertiary/aromatic N) is 4. The summed E-state index contributed by atoms with van der Waals surface area (Å²) >= 11 is 7.50. The van der Waals surface area contributed by atoms with Crippen molar-refractivity contribution in [1.29, 1.82) is 0 Å². The summed E-state index contributed by atoms with van der Waals surface area (Å²) in [6.07, 6.45) is 0. The number of rotatable bonds is 4. The van der Waals surface area contributed by atoms with Crippen molar-refractivity contribution in [3.05, 3.63) is 64.6 Å². The number of ether oxygens (including phenoxy) is 1. The van der Waals surface area contributed by atoms with Gasteiger partial charge in [-0.1, -0.05) is 41.1 Å². The Hall–Kier alpha value is -2.70. The van der Waals surface area contributed by atoms with E-state index >= 15 is 0 Å². The summed E-state index contributed by atoms with van der Waals surface area (Å²) in [5.41, 5.74) is 4.44. The fraction of sp³-hybridized carbons (Fsp3) is 0.105. The van der Waals surface area contributed by atoms with Crippen molar-refractivity contribution >= 4 is 22.9 Å². The molecule has 0 unspecified atom stereocenters. The van der Waals surface area contributed by atoms with Crippen LogP contribution in [0.3, 0.4) is 0 Å². The summed E-state index contributed by atoms with van der Waals surface area (Å²) in [5.74, 6) is 0.744. The van der Waals surface area contributed by atoms with Gasteiger partial charge < -0.3 is 4.74 Å². The minimum Gasteiger partial charge on any atom is -0.494 e. The average Bonchev–Trinajstić information content (AvgIpc) is 3.29. The molecule has 26 heavy (non-hydrogen) atoms. The molecule has 0 saturated heterocycles. The molecule has 0 saturated carbocycles. The third-order valence-corrected chi connectivity index (χ3v) is 5.16. The lowest BCUT2D eigenvalue weighted by Crippen LogP contribution is -2.01. The first-order chi connectivity index (χ1) is 12.7. The second kappa shape index (κ2) is 6.90. The highest BCUT2D eigenvalue weighted by Gasteiger charge is 2.17. The number of benzene rings is 2. The van der Waals surface area contributed by atoms with Gasteiger partial charge >= 0.3 is 0 Å². The Balaban J connectivity index is 1.72. The average molecular weight is 383 g/mol. The summed E-state index contributed by atoms with van der Waals surface area (Å²) in [6.45, 7) is 1.98. The Morgan fingerprint density at radius 2 is 1.85 bits per heavy atom. The quantitative estimate of drug-likeness (QED) is 0.496. The Kier molecular flexibility index (Phi) is 4.44. The summed E-state index contributed by atoms with van der Waals surface area (Å²) < 4.78 is 7.20. The zero-order valence-corrected chi connectivity index (χ0v) is 15.8. The van der Waals surface area contributed by atoms with Crippen LogP contribution in [0.25, 0.3) is 27.6 Å². The van der Waals surface area contributed by atoms with E-state index in [0.29, 0.717) is 5.02 Å². The largest absolute Gasteiger partial charge is 0.494 e. The third-order valence-electron chi connectivity index (χ3n) is 4.05. The van der Waals surface area contributed by atoms with Gasteiger partial charge in [0, 0.05) is 16.0 Å². The number of aromatic nitrogens is 4. The molecule has 2 heterocycles. The smallest absolute Gasteiger partial charge is 0.146 e. The molecule has 0 radical (unpaired) electrons. The van der Waals surface area contributed by atoms with Crippen LogP contribution >= 0.6 is 22.9 Å². The molecular formula is C19H15ClN4OS. The van der Waals surface area contributed by atoms with Gasteiger partial charge in [-0.2, -0.15) is 0 Å². The van der Waals surface area contributed by atoms with Crippen LogP contribution in [0.1, 0.15) is 5.69 Å². The number of thiazole rings is 1. The van der Waals surface area contributed by atoms with Gasteiger partial charge in [0.1, 0.15) is 22.1 Å². The van der Waals surface area contributed by atoms with E-state index in [0.717, 1.165) is 39.1 Å². The van der Waals surface area contributed by atoms with Crippen LogP contribution in [0.5, 0.6) is 5.75 Å². The van der Waals surface area contributed by atoms with Crippen molar-refractivity contribution in [1.82, 2.24) is 20.0 Å². The van der Waals surface area contributed by atoms with Crippen LogP contribution < -0.4 is 4.74 Å². The summed E-state index contributed by atoms with van der Waals surface area (Å²) in [4.78, 5) is 4.72. The Morgan fingerprint density at radius 3 is 2.62 bits per heavy atom. The molecule has 0 N–H and O–H groups in total. The first-order valence-corrected chi connectivity index (χ1v) is 9.20. The molecule has 0 fully saturated rings. The van der Waals surface area contributed by atoms with Crippen LogP contribution in [0.15, 0.2) is 53.9 Å². The molecule has 0 aliphatic heterocycles. The highest BCUT2D eigenvalue weighted by atomic mass is 35.5. The van der Waals surface area contributed by atoms with Gasteiger partial charge in [-0.3, -0.25) is 0 Å². The van der Waals surface area contributed by atoms with Gasteiger partial charge in [-0.15, -0.1) is 16.4 Å². The Morgan fingerprint density at radius 1 is 1.08 bits per heavy atom. The predicted molar refractivity (Wildman–Crippen MR) is 104 cm³/mol. The van der Waals surface area contributed by atoms with Gasteiger partial charge in [-0.05, 0) is 31.2 Å². The topological polar surface area (TPSA) is 52.8 Å². The molecule has 2 aromatic carbocycles. The van der Waals surface area contributed by atoms with E-state index in [2.05, 4.69) is 10.3 Å². The third kappa shape index (κ3) is 2.98. The fourth-order valence-electron chi connectivity index (χ4n) is 2.70. The van der Waals surface area contributed by atoms with Crippen LogP contribution in [0.4, 0.5) is 0 Å². The molecule has 7 heteroatoms. The number of halogens is 1. The first-order valence-electron chi connectivity index (χ1n) is 7.95. The van der Waals surface area contributed by atoms with E-state index in [1.807, 2.05) is 60.8 Å². The van der Waals surface area contributed by atoms with E-state index in [4.69, 9.17) is 21.3 Å². The van der Waals surface area contributed by atoms with Crippen LogP contribution in [-0.4, -0.2) is 27.1 Å². The molecule has 0 bridgehead atoms. The fourth-order valence-corrected chi connectivity index (χ4v) is 3.69. The van der Waals surface area contributed by atoms with Gasteiger partial charge in [0.15, 0.2) is 0 Å². The normalized spacial score (nSPS) is 10.9. The zero-order valence-electron chi connectivity index (χ0n) is 14.2. The van der Waals surface area contributed by atoms with E-state index in [1.165, 1.54) is 0 Å². The highest BCUT2D eigenvalue weighted by Crippen LogP contribution is 2.31. The maximum absolute atomic E-state index is 5.96. The maximum atomic E-state index is 5.96. The lowest BCUT2D eigenvalue weighted by molar-refractivity contribution is 0.411. The second-order valence-corrected chi connectivity index (χ2v) is 6.95. The zero-order chi connectivity index (χ0) is 18.1. The number of hydrogen-bond acceptors (Lipinski definition) is 5. The van der Waals surface area contributed by atoms with Crippen molar-refractivity contribution in [2.24, 2.45) is 0 Å². The molecule has 5 nitrogen and oxygen atoms in total. The van der Waals surface area contributed by atoms with Gasteiger partial charge in [0.05, 0.1) is 18.5 Å². The van der Waals surface area contributed by atoms with Crippen molar-refractivity contribution in [3.63, 3.8) is 0 Å². The van der Waals surface area contributed by atoms with E-state index in [-0.39, 0.29) is 0 Å². The summed E-state index contributed by atoms with van der Waals surface area (Å²) in [6, 6.07) is 15.4. The minimum atomic E-state index is 0.708. The molecule has 0 amide bonds. The maximum Gasteiger partial charge on any atom is 0.146 e. The summed E-state index contributed by atoms with van der Waals surface area (Å²) in [7, 11) is 1.64. The van der Waals surface area contributed by atoms with Gasteiger partial charge in [0.25, 0.3) is 0 Å². The van der Waals surface area contributed by atoms with Gasteiger partial charge in [0.2, 0.25) is 0 Å². The molecule has 4 aromatic rings. The molecule has 4 rings (SSSR count). The minimum absolute atomic E-state index is 0.708. The van der Waals surface area contributed by atoms with E-state index in [9.17, 15) is 0 Å². The molecule has 0 atom stereocenters. The number of para-hydroxylation sites is 2. The van der Waals surface area contributed by atoms with Crippen molar-refractivity contribution < 1.29 is 4.74 Å². The predicted octanol–water partition coefficient (Wildman–Crippen LogP) is 5.03. The van der Waals surface area contributed by atoms with Gasteiger partial charge in [-0.25, -0.2) is 9.67 Å². The standard InChI is InChI=1S/C19H15ClN4OS/c1-12-18(22-23-24(12)16-5-3-4-6-17(16)25-2)19-21-15(11-26-19)13-7-9-14(20)10-8-13/h3-11H,1-2H3. The number of methoxy groups -OCH3 is 1. The van der Waals surface area contributed by atoms with Crippen molar-refractivity contribution in [2.75, 3.05) is 7.11 Å². The van der Waals surface area contributed by atoms with Crippen LogP contribution in [-0.2, 0) is 0 Å². The lowest BCUT2D eigenvalue weighted by atomic mass is 10.2. The van der Waals surface area contributed by atoms with Crippen LogP contribution in [0.2, 0.25) is 5.02 Å². The monoisotopic (exact) mass is 382 g/mol. The molecular weight excluding hydrogens is 368 g/mol. The summed E-state index contributed by atoms with van der Waals surface area (Å²) in [5, 5.41) is 12.2. The molecule has 2 aromatic heterocycles. The number of hydrogen-bond donors (Lipinski definition) is 0. The SMILES string of the molecule is COc1ccccc1-n1nnc(-c2nc(-c3ccc(Cl)cc3)cs2)c1C. The molecule has 0 spiro atoms. The van der Waals surface area contributed by atoms with Crippen molar-refractivity contribution in [3.8, 4) is 33.4 Å².